The number of rotatable bonds is 1. The lowest BCUT2D eigenvalue weighted by molar-refractivity contribution is 1.38. The standard InChI is InChI=1S/C13H14/c1-10-4-3-5-12(8-10)13-7-6-11(2)9-13/h3-6,8-9H,7H2,1-2H3. The zero-order chi connectivity index (χ0) is 9.26. The zero-order valence-corrected chi connectivity index (χ0v) is 8.17. The minimum Gasteiger partial charge on any atom is -0.0772 e. The van der Waals surface area contributed by atoms with Crippen LogP contribution in [0.2, 0.25) is 0 Å². The van der Waals surface area contributed by atoms with Crippen molar-refractivity contribution in [1.29, 1.82) is 0 Å². The lowest BCUT2D eigenvalue weighted by Gasteiger charge is -2.02. The fraction of sp³-hybridized carbons (Fsp3) is 0.231. The molecular weight excluding hydrogens is 156 g/mol. The smallest absolute Gasteiger partial charge is 0.00857 e. The van der Waals surface area contributed by atoms with E-state index in [9.17, 15) is 0 Å². The molecule has 0 N–H and O–H groups in total. The maximum Gasteiger partial charge on any atom is -0.00857 e. The van der Waals surface area contributed by atoms with E-state index in [2.05, 4.69) is 50.3 Å². The van der Waals surface area contributed by atoms with E-state index in [1.165, 1.54) is 22.3 Å². The molecule has 0 saturated heterocycles. The molecular formula is C13H14. The minimum atomic E-state index is 1.09. The summed E-state index contributed by atoms with van der Waals surface area (Å²) in [5.41, 5.74) is 5.54. The van der Waals surface area contributed by atoms with Crippen molar-refractivity contribution < 1.29 is 0 Å². The first-order valence-electron chi connectivity index (χ1n) is 4.70. The first-order valence-corrected chi connectivity index (χ1v) is 4.70. The van der Waals surface area contributed by atoms with E-state index in [0.717, 1.165) is 6.42 Å². The molecule has 1 aromatic rings. The first-order chi connectivity index (χ1) is 6.25. The Morgan fingerprint density at radius 3 is 2.62 bits per heavy atom. The molecule has 0 aliphatic heterocycles. The van der Waals surface area contributed by atoms with Gasteiger partial charge in [0.1, 0.15) is 0 Å². The molecule has 13 heavy (non-hydrogen) atoms. The molecule has 0 bridgehead atoms. The molecule has 0 radical (unpaired) electrons. The van der Waals surface area contributed by atoms with Crippen LogP contribution in [0.1, 0.15) is 24.5 Å². The van der Waals surface area contributed by atoms with Crippen LogP contribution in [0.25, 0.3) is 5.57 Å². The Kier molecular flexibility index (Phi) is 2.05. The van der Waals surface area contributed by atoms with Gasteiger partial charge in [-0.15, -0.1) is 0 Å². The van der Waals surface area contributed by atoms with Crippen molar-refractivity contribution in [3.05, 3.63) is 53.1 Å². The Balaban J connectivity index is 2.33. The largest absolute Gasteiger partial charge is 0.0772 e. The minimum absolute atomic E-state index is 1.09. The van der Waals surface area contributed by atoms with Crippen LogP contribution in [0.15, 0.2) is 42.0 Å². The summed E-state index contributed by atoms with van der Waals surface area (Å²) < 4.78 is 0. The Bertz CT molecular complexity index is 381. The second-order valence-corrected chi connectivity index (χ2v) is 3.69. The zero-order valence-electron chi connectivity index (χ0n) is 8.17. The van der Waals surface area contributed by atoms with Crippen LogP contribution in [-0.4, -0.2) is 0 Å². The third kappa shape index (κ3) is 1.72. The van der Waals surface area contributed by atoms with Crippen LogP contribution in [0.4, 0.5) is 0 Å². The molecule has 1 aromatic carbocycles. The van der Waals surface area contributed by atoms with Crippen molar-refractivity contribution in [3.63, 3.8) is 0 Å². The Morgan fingerprint density at radius 1 is 1.15 bits per heavy atom. The lowest BCUT2D eigenvalue weighted by Crippen LogP contribution is -1.81. The second-order valence-electron chi connectivity index (χ2n) is 3.69. The van der Waals surface area contributed by atoms with Gasteiger partial charge in [0.15, 0.2) is 0 Å². The van der Waals surface area contributed by atoms with Gasteiger partial charge in [0.25, 0.3) is 0 Å². The van der Waals surface area contributed by atoms with Gasteiger partial charge in [-0.25, -0.2) is 0 Å². The van der Waals surface area contributed by atoms with Gasteiger partial charge in [-0.05, 0) is 31.4 Å². The molecule has 0 atom stereocenters. The van der Waals surface area contributed by atoms with Crippen molar-refractivity contribution in [3.8, 4) is 0 Å². The molecule has 2 rings (SSSR count). The third-order valence-electron chi connectivity index (χ3n) is 2.43. The van der Waals surface area contributed by atoms with E-state index in [0.29, 0.717) is 0 Å². The van der Waals surface area contributed by atoms with E-state index in [-0.39, 0.29) is 0 Å². The van der Waals surface area contributed by atoms with Gasteiger partial charge in [0.05, 0.1) is 0 Å². The molecule has 0 fully saturated rings. The molecule has 0 unspecified atom stereocenters. The van der Waals surface area contributed by atoms with Gasteiger partial charge in [0, 0.05) is 0 Å². The fourth-order valence-electron chi connectivity index (χ4n) is 1.71. The Hall–Kier alpha value is -1.30. The van der Waals surface area contributed by atoms with Crippen LogP contribution in [-0.2, 0) is 0 Å². The highest BCUT2D eigenvalue weighted by atomic mass is 14.1. The summed E-state index contributed by atoms with van der Waals surface area (Å²) >= 11 is 0. The van der Waals surface area contributed by atoms with E-state index in [1.54, 1.807) is 0 Å². The summed E-state index contributed by atoms with van der Waals surface area (Å²) in [6.07, 6.45) is 5.64. The monoisotopic (exact) mass is 170 g/mol. The van der Waals surface area contributed by atoms with Crippen molar-refractivity contribution in [2.75, 3.05) is 0 Å². The summed E-state index contributed by atoms with van der Waals surface area (Å²) in [7, 11) is 0. The molecule has 0 heteroatoms. The highest BCUT2D eigenvalue weighted by molar-refractivity contribution is 5.72. The van der Waals surface area contributed by atoms with E-state index < -0.39 is 0 Å². The van der Waals surface area contributed by atoms with E-state index >= 15 is 0 Å². The molecule has 0 aromatic heterocycles. The summed E-state index contributed by atoms with van der Waals surface area (Å²) in [5, 5.41) is 0. The number of allylic oxidation sites excluding steroid dienone is 4. The topological polar surface area (TPSA) is 0 Å². The Morgan fingerprint density at radius 2 is 2.00 bits per heavy atom. The van der Waals surface area contributed by atoms with Crippen molar-refractivity contribution in [2.45, 2.75) is 20.3 Å². The molecule has 0 heterocycles. The van der Waals surface area contributed by atoms with E-state index in [4.69, 9.17) is 0 Å². The fourth-order valence-corrected chi connectivity index (χ4v) is 1.71. The molecule has 66 valence electrons. The van der Waals surface area contributed by atoms with Crippen LogP contribution in [0.5, 0.6) is 0 Å². The third-order valence-corrected chi connectivity index (χ3v) is 2.43. The van der Waals surface area contributed by atoms with Crippen molar-refractivity contribution in [2.24, 2.45) is 0 Å². The second kappa shape index (κ2) is 3.21. The van der Waals surface area contributed by atoms with Gasteiger partial charge >= 0.3 is 0 Å². The van der Waals surface area contributed by atoms with Gasteiger partial charge < -0.3 is 0 Å². The van der Waals surface area contributed by atoms with Crippen LogP contribution in [0.3, 0.4) is 0 Å². The maximum absolute atomic E-state index is 2.28. The summed E-state index contributed by atoms with van der Waals surface area (Å²) in [6, 6.07) is 8.70. The maximum atomic E-state index is 2.28. The molecule has 1 aliphatic carbocycles. The molecule has 0 spiro atoms. The quantitative estimate of drug-likeness (QED) is 0.602. The van der Waals surface area contributed by atoms with E-state index in [1.807, 2.05) is 0 Å². The predicted molar refractivity (Wildman–Crippen MR) is 57.5 cm³/mol. The summed E-state index contributed by atoms with van der Waals surface area (Å²) in [5.74, 6) is 0. The molecule has 1 aliphatic rings. The highest BCUT2D eigenvalue weighted by Crippen LogP contribution is 2.26. The number of hydrogen-bond acceptors (Lipinski definition) is 0. The highest BCUT2D eigenvalue weighted by Gasteiger charge is 2.05. The SMILES string of the molecule is CC1=CCC(c2cccc(C)c2)=C1. The molecule has 0 amide bonds. The molecule has 0 nitrogen and oxygen atoms in total. The van der Waals surface area contributed by atoms with Gasteiger partial charge in [-0.3, -0.25) is 0 Å². The normalized spacial score (nSPS) is 15.5. The molecule has 0 saturated carbocycles. The predicted octanol–water partition coefficient (Wildman–Crippen LogP) is 3.73. The van der Waals surface area contributed by atoms with Crippen molar-refractivity contribution >= 4 is 5.57 Å². The van der Waals surface area contributed by atoms with Gasteiger partial charge in [0.2, 0.25) is 0 Å². The Labute approximate surface area is 79.6 Å². The average Bonchev–Trinajstić information content (AvgIpc) is 2.52. The van der Waals surface area contributed by atoms with Crippen molar-refractivity contribution in [1.82, 2.24) is 0 Å². The summed E-state index contributed by atoms with van der Waals surface area (Å²) in [6.45, 7) is 4.29. The number of hydrogen-bond donors (Lipinski definition) is 0. The first kappa shape index (κ1) is 8.31. The van der Waals surface area contributed by atoms with Crippen LogP contribution < -0.4 is 0 Å². The van der Waals surface area contributed by atoms with Gasteiger partial charge in [-0.2, -0.15) is 0 Å². The number of benzene rings is 1. The van der Waals surface area contributed by atoms with Gasteiger partial charge in [-0.1, -0.05) is 47.6 Å². The lowest BCUT2D eigenvalue weighted by atomic mass is 10.0. The number of aryl methyl sites for hydroxylation is 1. The summed E-state index contributed by atoms with van der Waals surface area (Å²) in [4.78, 5) is 0. The average molecular weight is 170 g/mol. The van der Waals surface area contributed by atoms with Crippen LogP contribution >= 0.6 is 0 Å². The van der Waals surface area contributed by atoms with Crippen LogP contribution in [0, 0.1) is 6.92 Å².